The fourth-order valence-corrected chi connectivity index (χ4v) is 5.85. The lowest BCUT2D eigenvalue weighted by Gasteiger charge is -2.34. The van der Waals surface area contributed by atoms with E-state index in [9.17, 15) is 4.79 Å². The van der Waals surface area contributed by atoms with E-state index in [1.165, 1.54) is 6.07 Å². The van der Waals surface area contributed by atoms with Gasteiger partial charge < -0.3 is 20.0 Å². The third-order valence-electron chi connectivity index (χ3n) is 8.11. The molecule has 1 atom stereocenters. The molecule has 2 aliphatic heterocycles. The second kappa shape index (κ2) is 9.94. The molecular formula is C29H34FN7O. The molecule has 0 radical (unpaired) electrons. The smallest absolute Gasteiger partial charge is 0.273 e. The van der Waals surface area contributed by atoms with Gasteiger partial charge in [-0.3, -0.25) is 9.78 Å². The average Bonchev–Trinajstić information content (AvgIpc) is 3.19. The lowest BCUT2D eigenvalue weighted by molar-refractivity contribution is 0.0726. The number of amides is 1. The van der Waals surface area contributed by atoms with Gasteiger partial charge in [-0.1, -0.05) is 25.1 Å². The normalized spacial score (nSPS) is 19.3. The first-order chi connectivity index (χ1) is 18.4. The fourth-order valence-electron chi connectivity index (χ4n) is 5.85. The van der Waals surface area contributed by atoms with E-state index in [0.717, 1.165) is 55.1 Å². The Morgan fingerprint density at radius 3 is 2.58 bits per heavy atom. The highest BCUT2D eigenvalue weighted by Gasteiger charge is 2.36. The van der Waals surface area contributed by atoms with Crippen molar-refractivity contribution in [3.8, 4) is 0 Å². The lowest BCUT2D eigenvalue weighted by atomic mass is 9.95. The summed E-state index contributed by atoms with van der Waals surface area (Å²) in [6.45, 7) is 11.1. The minimum atomic E-state index is -0.348. The summed E-state index contributed by atoms with van der Waals surface area (Å²) >= 11 is 0. The Hall–Kier alpha value is -3.59. The summed E-state index contributed by atoms with van der Waals surface area (Å²) in [5.41, 5.74) is 4.79. The van der Waals surface area contributed by atoms with Gasteiger partial charge in [0.1, 0.15) is 17.3 Å². The molecule has 2 aromatic heterocycles. The Kier molecular flexibility index (Phi) is 6.47. The SMILES string of the molecule is CCN1CCN(c2nc(NC3c4cccnc4CCc4c(F)cccc43)c3c(n2)C(=O)N(C(C)C)C3)CC1. The Balaban J connectivity index is 1.46. The van der Waals surface area contributed by atoms with Crippen LogP contribution < -0.4 is 10.2 Å². The number of aryl methyl sites for hydroxylation is 1. The van der Waals surface area contributed by atoms with Gasteiger partial charge in [-0.2, -0.15) is 4.98 Å². The maximum atomic E-state index is 15.0. The Morgan fingerprint density at radius 2 is 1.82 bits per heavy atom. The van der Waals surface area contributed by atoms with Crippen LogP contribution in [0.2, 0.25) is 0 Å². The van der Waals surface area contributed by atoms with Gasteiger partial charge in [0.15, 0.2) is 0 Å². The number of pyridine rings is 1. The van der Waals surface area contributed by atoms with Crippen LogP contribution in [-0.4, -0.2) is 69.4 Å². The number of hydrogen-bond acceptors (Lipinski definition) is 7. The van der Waals surface area contributed by atoms with Crippen molar-refractivity contribution in [3.05, 3.63) is 76.0 Å². The quantitative estimate of drug-likeness (QED) is 0.554. The molecule has 1 N–H and O–H groups in total. The molecule has 0 bridgehead atoms. The summed E-state index contributed by atoms with van der Waals surface area (Å²) in [6, 6.07) is 8.93. The highest BCUT2D eigenvalue weighted by molar-refractivity contribution is 5.98. The van der Waals surface area contributed by atoms with Gasteiger partial charge in [0, 0.05) is 55.2 Å². The van der Waals surface area contributed by atoms with Crippen molar-refractivity contribution >= 4 is 17.7 Å². The van der Waals surface area contributed by atoms with E-state index >= 15 is 4.39 Å². The molecular weight excluding hydrogens is 481 g/mol. The number of rotatable bonds is 5. The first kappa shape index (κ1) is 24.7. The van der Waals surface area contributed by atoms with Crippen molar-refractivity contribution in [2.24, 2.45) is 0 Å². The van der Waals surface area contributed by atoms with Crippen LogP contribution in [0.15, 0.2) is 36.5 Å². The van der Waals surface area contributed by atoms with E-state index in [2.05, 4.69) is 33.1 Å². The molecule has 9 heteroatoms. The third kappa shape index (κ3) is 4.28. The number of carbonyl (C=O) groups excluding carboxylic acids is 1. The van der Waals surface area contributed by atoms with Crippen LogP contribution in [0.5, 0.6) is 0 Å². The number of aromatic nitrogens is 3. The standard InChI is InChI=1S/C29H34FN7O/c1-4-35-13-15-36(16-14-35)29-33-26-22(17-37(18(2)3)28(26)38)27(34-29)32-25-20-7-5-9-23(30)19(20)10-11-24-21(25)8-6-12-31-24/h5-9,12,18,25H,4,10-11,13-17H2,1-3H3,(H,32,33,34). The Bertz CT molecular complexity index is 1370. The molecule has 1 amide bonds. The molecule has 4 heterocycles. The number of likely N-dealkylation sites (N-methyl/N-ethyl adjacent to an activating group) is 1. The molecule has 6 rings (SSSR count). The molecule has 0 spiro atoms. The number of fused-ring (bicyclic) bond motifs is 3. The Morgan fingerprint density at radius 1 is 1.03 bits per heavy atom. The monoisotopic (exact) mass is 515 g/mol. The molecule has 0 saturated carbocycles. The van der Waals surface area contributed by atoms with E-state index in [1.54, 1.807) is 12.3 Å². The van der Waals surface area contributed by atoms with Crippen molar-refractivity contribution in [1.29, 1.82) is 0 Å². The summed E-state index contributed by atoms with van der Waals surface area (Å²) in [6.07, 6.45) is 3.03. The fraction of sp³-hybridized carbons (Fsp3) is 0.448. The third-order valence-corrected chi connectivity index (χ3v) is 8.11. The van der Waals surface area contributed by atoms with E-state index in [-0.39, 0.29) is 23.8 Å². The molecule has 3 aliphatic rings. The van der Waals surface area contributed by atoms with E-state index in [0.29, 0.717) is 42.4 Å². The molecule has 1 aliphatic carbocycles. The minimum absolute atomic E-state index is 0.0405. The molecule has 8 nitrogen and oxygen atoms in total. The van der Waals surface area contributed by atoms with Gasteiger partial charge in [-0.05, 0) is 56.5 Å². The van der Waals surface area contributed by atoms with Gasteiger partial charge in [-0.15, -0.1) is 0 Å². The summed E-state index contributed by atoms with van der Waals surface area (Å²) in [5.74, 6) is 0.936. The molecule has 1 saturated heterocycles. The largest absolute Gasteiger partial charge is 0.359 e. The summed E-state index contributed by atoms with van der Waals surface area (Å²) in [4.78, 5) is 34.3. The van der Waals surface area contributed by atoms with Crippen LogP contribution in [-0.2, 0) is 19.4 Å². The van der Waals surface area contributed by atoms with Crippen molar-refractivity contribution in [2.75, 3.05) is 42.9 Å². The number of nitrogens with one attached hydrogen (secondary N) is 1. The zero-order chi connectivity index (χ0) is 26.4. The first-order valence-electron chi connectivity index (χ1n) is 13.6. The zero-order valence-electron chi connectivity index (χ0n) is 22.2. The van der Waals surface area contributed by atoms with Crippen LogP contribution in [0.4, 0.5) is 16.2 Å². The van der Waals surface area contributed by atoms with Crippen molar-refractivity contribution in [3.63, 3.8) is 0 Å². The zero-order valence-corrected chi connectivity index (χ0v) is 22.2. The number of benzene rings is 1. The number of carbonyl (C=O) groups is 1. The summed E-state index contributed by atoms with van der Waals surface area (Å²) in [7, 11) is 0. The summed E-state index contributed by atoms with van der Waals surface area (Å²) < 4.78 is 15.0. The molecule has 3 aromatic rings. The lowest BCUT2D eigenvalue weighted by Crippen LogP contribution is -2.47. The van der Waals surface area contributed by atoms with Crippen molar-refractivity contribution in [2.45, 2.75) is 52.2 Å². The van der Waals surface area contributed by atoms with Crippen LogP contribution in [0.1, 0.15) is 65.2 Å². The van der Waals surface area contributed by atoms with Gasteiger partial charge in [0.25, 0.3) is 5.91 Å². The van der Waals surface area contributed by atoms with Crippen LogP contribution in [0.3, 0.4) is 0 Å². The number of piperazine rings is 1. The van der Waals surface area contributed by atoms with E-state index in [1.807, 2.05) is 30.9 Å². The second-order valence-electron chi connectivity index (χ2n) is 10.6. The topological polar surface area (TPSA) is 77.5 Å². The molecule has 38 heavy (non-hydrogen) atoms. The number of anilines is 2. The Labute approximate surface area is 222 Å². The van der Waals surface area contributed by atoms with Gasteiger partial charge in [0.05, 0.1) is 12.6 Å². The molecule has 1 aromatic carbocycles. The predicted octanol–water partition coefficient (Wildman–Crippen LogP) is 3.82. The second-order valence-corrected chi connectivity index (χ2v) is 10.6. The highest BCUT2D eigenvalue weighted by atomic mass is 19.1. The van der Waals surface area contributed by atoms with Gasteiger partial charge in [-0.25, -0.2) is 9.37 Å². The predicted molar refractivity (Wildman–Crippen MR) is 145 cm³/mol. The number of nitrogens with zero attached hydrogens (tertiary/aromatic N) is 6. The summed E-state index contributed by atoms with van der Waals surface area (Å²) in [5, 5.41) is 3.67. The van der Waals surface area contributed by atoms with Crippen LogP contribution in [0.25, 0.3) is 0 Å². The van der Waals surface area contributed by atoms with Crippen molar-refractivity contribution in [1.82, 2.24) is 24.8 Å². The molecule has 1 fully saturated rings. The van der Waals surface area contributed by atoms with E-state index < -0.39 is 0 Å². The first-order valence-corrected chi connectivity index (χ1v) is 13.6. The van der Waals surface area contributed by atoms with Crippen LogP contribution >= 0.6 is 0 Å². The van der Waals surface area contributed by atoms with Gasteiger partial charge in [0.2, 0.25) is 5.95 Å². The van der Waals surface area contributed by atoms with E-state index in [4.69, 9.17) is 9.97 Å². The molecule has 1 unspecified atom stereocenters. The maximum absolute atomic E-state index is 15.0. The highest BCUT2D eigenvalue weighted by Crippen LogP contribution is 2.38. The average molecular weight is 516 g/mol. The van der Waals surface area contributed by atoms with Crippen molar-refractivity contribution < 1.29 is 9.18 Å². The number of halogens is 1. The maximum Gasteiger partial charge on any atom is 0.273 e. The van der Waals surface area contributed by atoms with Gasteiger partial charge >= 0.3 is 0 Å². The number of hydrogen-bond donors (Lipinski definition) is 1. The molecule has 198 valence electrons. The minimum Gasteiger partial charge on any atom is -0.359 e. The van der Waals surface area contributed by atoms with Crippen LogP contribution in [0, 0.1) is 5.82 Å².